The number of ketones is 1. The minimum atomic E-state index is -3.67. The second kappa shape index (κ2) is 12.1. The molecule has 0 bridgehead atoms. The van der Waals surface area contributed by atoms with Crippen LogP contribution < -0.4 is 10.1 Å². The van der Waals surface area contributed by atoms with Gasteiger partial charge in [0.25, 0.3) is 10.1 Å². The highest BCUT2D eigenvalue weighted by Gasteiger charge is 2.18. The molecule has 3 aromatic rings. The molecule has 8 heteroatoms. The number of nitrogens with one attached hydrogen (secondary N) is 1. The predicted molar refractivity (Wildman–Crippen MR) is 127 cm³/mol. The van der Waals surface area contributed by atoms with E-state index in [1.54, 1.807) is 48.5 Å². The molecule has 33 heavy (non-hydrogen) atoms. The number of carbonyl (C=O) groups is 2. The summed E-state index contributed by atoms with van der Waals surface area (Å²) in [5.74, 6) is -0.0289. The summed E-state index contributed by atoms with van der Waals surface area (Å²) in [6.45, 7) is 3.89. The molecule has 2 atom stereocenters. The van der Waals surface area contributed by atoms with Gasteiger partial charge in [0, 0.05) is 11.6 Å². The van der Waals surface area contributed by atoms with Crippen LogP contribution in [0.1, 0.15) is 46.2 Å². The lowest BCUT2D eigenvalue weighted by Gasteiger charge is -2.19. The van der Waals surface area contributed by atoms with Crippen molar-refractivity contribution < 1.29 is 27.3 Å². The molecule has 0 aromatic heterocycles. The summed E-state index contributed by atoms with van der Waals surface area (Å²) >= 11 is 0. The van der Waals surface area contributed by atoms with Gasteiger partial charge in [0.05, 0.1) is 17.9 Å². The van der Waals surface area contributed by atoms with E-state index in [2.05, 4.69) is 5.32 Å². The average molecular weight is 470 g/mol. The van der Waals surface area contributed by atoms with Crippen LogP contribution in [0.15, 0.2) is 84.9 Å². The molecule has 0 radical (unpaired) electrons. The van der Waals surface area contributed by atoms with Gasteiger partial charge in [-0.05, 0) is 55.8 Å². The number of hydrogen-bond donors (Lipinski definition) is 2. The quantitative estimate of drug-likeness (QED) is 0.229. The maximum atomic E-state index is 12.7. The molecular weight excluding hydrogens is 442 g/mol. The fourth-order valence-corrected chi connectivity index (χ4v) is 2.97. The summed E-state index contributed by atoms with van der Waals surface area (Å²) in [5, 5.41) is 3.33. The van der Waals surface area contributed by atoms with E-state index >= 15 is 0 Å². The second-order valence-electron chi connectivity index (χ2n) is 7.40. The largest absolute Gasteiger partial charge is 0.423 e. The molecule has 7 nitrogen and oxygen atoms in total. The van der Waals surface area contributed by atoms with Gasteiger partial charge in [-0.15, -0.1) is 0 Å². The predicted octanol–water partition coefficient (Wildman–Crippen LogP) is 4.33. The van der Waals surface area contributed by atoms with Crippen molar-refractivity contribution in [1.82, 2.24) is 5.32 Å². The first kappa shape index (κ1) is 25.9. The molecular formula is C25H27NO6S. The van der Waals surface area contributed by atoms with E-state index in [9.17, 15) is 18.0 Å². The molecule has 0 aliphatic heterocycles. The van der Waals surface area contributed by atoms with Gasteiger partial charge in [0.15, 0.2) is 5.78 Å². The van der Waals surface area contributed by atoms with Gasteiger partial charge >= 0.3 is 5.97 Å². The topological polar surface area (TPSA) is 110 Å². The summed E-state index contributed by atoms with van der Waals surface area (Å²) in [5.41, 5.74) is 2.18. The third-order valence-corrected chi connectivity index (χ3v) is 4.55. The molecule has 3 rings (SSSR count). The average Bonchev–Trinajstić information content (AvgIpc) is 2.79. The summed E-state index contributed by atoms with van der Waals surface area (Å²) in [7, 11) is -3.67. The van der Waals surface area contributed by atoms with Crippen molar-refractivity contribution in [2.24, 2.45) is 0 Å². The zero-order valence-electron chi connectivity index (χ0n) is 18.6. The van der Waals surface area contributed by atoms with Crippen molar-refractivity contribution in [2.75, 3.05) is 6.26 Å². The highest BCUT2D eigenvalue weighted by Crippen LogP contribution is 2.17. The molecule has 0 aliphatic rings. The van der Waals surface area contributed by atoms with Crippen LogP contribution in [0.3, 0.4) is 0 Å². The second-order valence-corrected chi connectivity index (χ2v) is 8.86. The Bertz CT molecular complexity index is 1140. The summed E-state index contributed by atoms with van der Waals surface area (Å²) in [6, 6.07) is 25.2. The number of ether oxygens (including phenoxy) is 1. The van der Waals surface area contributed by atoms with E-state index < -0.39 is 16.1 Å². The normalized spacial score (nSPS) is 12.6. The van der Waals surface area contributed by atoms with E-state index in [1.165, 1.54) is 0 Å². The van der Waals surface area contributed by atoms with Gasteiger partial charge in [-0.1, -0.05) is 48.5 Å². The van der Waals surface area contributed by atoms with Gasteiger partial charge in [0.1, 0.15) is 5.75 Å². The zero-order chi connectivity index (χ0) is 24.4. The van der Waals surface area contributed by atoms with Gasteiger partial charge in [-0.2, -0.15) is 8.42 Å². The fraction of sp³-hybridized carbons (Fsp3) is 0.200. The van der Waals surface area contributed by atoms with E-state index in [1.807, 2.05) is 50.2 Å². The Morgan fingerprint density at radius 3 is 1.82 bits per heavy atom. The van der Waals surface area contributed by atoms with Crippen molar-refractivity contribution in [1.29, 1.82) is 0 Å². The minimum Gasteiger partial charge on any atom is -0.423 e. The molecule has 3 aromatic carbocycles. The molecule has 174 valence electrons. The van der Waals surface area contributed by atoms with Crippen LogP contribution in [0.25, 0.3) is 0 Å². The van der Waals surface area contributed by atoms with Crippen molar-refractivity contribution in [3.05, 3.63) is 102 Å². The number of rotatable bonds is 7. The third-order valence-electron chi connectivity index (χ3n) is 4.55. The molecule has 0 saturated carbocycles. The highest BCUT2D eigenvalue weighted by atomic mass is 32.2. The van der Waals surface area contributed by atoms with Crippen LogP contribution in [0.5, 0.6) is 5.75 Å². The smallest absolute Gasteiger partial charge is 0.343 e. The van der Waals surface area contributed by atoms with Crippen LogP contribution >= 0.6 is 0 Å². The fourth-order valence-electron chi connectivity index (χ4n) is 2.97. The van der Waals surface area contributed by atoms with Crippen LogP contribution in [0, 0.1) is 0 Å². The van der Waals surface area contributed by atoms with E-state index in [0.717, 1.165) is 5.56 Å². The van der Waals surface area contributed by atoms with E-state index in [-0.39, 0.29) is 17.9 Å². The summed E-state index contributed by atoms with van der Waals surface area (Å²) in [6.07, 6.45) is 0.715. The molecule has 0 amide bonds. The van der Waals surface area contributed by atoms with E-state index in [0.29, 0.717) is 23.1 Å². The molecule has 0 unspecified atom stereocenters. The number of benzene rings is 3. The Hall–Kier alpha value is -3.33. The molecule has 0 fully saturated rings. The minimum absolute atomic E-state index is 0.0104. The Labute approximate surface area is 194 Å². The van der Waals surface area contributed by atoms with Gasteiger partial charge in [-0.3, -0.25) is 9.35 Å². The monoisotopic (exact) mass is 469 g/mol. The lowest BCUT2D eigenvalue weighted by Crippen LogP contribution is -2.35. The Kier molecular flexibility index (Phi) is 9.47. The number of hydrogen-bond acceptors (Lipinski definition) is 6. The van der Waals surface area contributed by atoms with Crippen molar-refractivity contribution in [3.8, 4) is 5.75 Å². The van der Waals surface area contributed by atoms with Crippen LogP contribution in [-0.2, 0) is 10.1 Å². The lowest BCUT2D eigenvalue weighted by molar-refractivity contribution is 0.0734. The first-order chi connectivity index (χ1) is 15.5. The lowest BCUT2D eigenvalue weighted by atomic mass is 10.0. The van der Waals surface area contributed by atoms with Gasteiger partial charge in [0.2, 0.25) is 0 Å². The van der Waals surface area contributed by atoms with Crippen LogP contribution in [0.2, 0.25) is 0 Å². The molecule has 2 N–H and O–H groups in total. The van der Waals surface area contributed by atoms with Gasteiger partial charge in [-0.25, -0.2) is 4.79 Å². The Morgan fingerprint density at radius 1 is 0.818 bits per heavy atom. The molecule has 0 spiro atoms. The molecule has 0 saturated heterocycles. The van der Waals surface area contributed by atoms with Crippen LogP contribution in [0.4, 0.5) is 0 Å². The molecule has 0 heterocycles. The summed E-state index contributed by atoms with van der Waals surface area (Å²) in [4.78, 5) is 24.8. The zero-order valence-corrected chi connectivity index (χ0v) is 19.5. The van der Waals surface area contributed by atoms with Gasteiger partial charge < -0.3 is 10.1 Å². The number of Topliss-reactive ketones (excluding diaryl/α,β-unsaturated/α-hetero) is 1. The van der Waals surface area contributed by atoms with Crippen molar-refractivity contribution >= 4 is 21.9 Å². The SMILES string of the molecule is CS(=O)(=O)O.C[C@H](N[C@H](C)c1ccccc1)C(=O)c1ccc(OC(=O)c2ccccc2)cc1. The number of carbonyl (C=O) groups excluding carboxylic acids is 2. The van der Waals surface area contributed by atoms with Crippen LogP contribution in [-0.4, -0.2) is 37.0 Å². The highest BCUT2D eigenvalue weighted by molar-refractivity contribution is 7.85. The number of esters is 1. The molecule has 0 aliphatic carbocycles. The maximum Gasteiger partial charge on any atom is 0.343 e. The first-order valence-electron chi connectivity index (χ1n) is 10.2. The standard InChI is InChI=1S/C24H23NO3.CH4O3S/c1-17(19-9-5-3-6-10-19)25-18(2)23(26)20-13-15-22(16-14-20)28-24(27)21-11-7-4-8-12-21;1-5(2,3)4/h3-18,25H,1-2H3;1H3,(H,2,3,4)/t17-,18+;/m1./s1. The third kappa shape index (κ3) is 9.36. The van der Waals surface area contributed by atoms with Crippen molar-refractivity contribution in [3.63, 3.8) is 0 Å². The Morgan fingerprint density at radius 2 is 1.30 bits per heavy atom. The maximum absolute atomic E-state index is 12.7. The van der Waals surface area contributed by atoms with E-state index in [4.69, 9.17) is 9.29 Å². The van der Waals surface area contributed by atoms with Crippen molar-refractivity contribution in [2.45, 2.75) is 25.9 Å². The first-order valence-corrected chi connectivity index (χ1v) is 12.0. The summed E-state index contributed by atoms with van der Waals surface area (Å²) < 4.78 is 31.2. The Balaban J connectivity index is 0.000000696.